The second-order valence-corrected chi connectivity index (χ2v) is 9.49. The number of carbonyl (C=O) groups excluding carboxylic acids is 1. The van der Waals surface area contributed by atoms with Gasteiger partial charge in [0.2, 0.25) is 0 Å². The van der Waals surface area contributed by atoms with E-state index in [4.69, 9.17) is 11.6 Å². The average molecular weight is 465 g/mol. The molecule has 0 aliphatic heterocycles. The van der Waals surface area contributed by atoms with Crippen molar-refractivity contribution in [2.45, 2.75) is 51.7 Å². The van der Waals surface area contributed by atoms with Gasteiger partial charge >= 0.3 is 6.18 Å². The highest BCUT2D eigenvalue weighted by atomic mass is 35.5. The number of imidazole rings is 1. The Bertz CT molecular complexity index is 1130. The van der Waals surface area contributed by atoms with Crippen LogP contribution in [0.1, 0.15) is 50.8 Å². The number of nitrogens with one attached hydrogen (secondary N) is 1. The van der Waals surface area contributed by atoms with E-state index in [1.54, 1.807) is 41.2 Å². The number of amides is 1. The van der Waals surface area contributed by atoms with Crippen molar-refractivity contribution in [1.29, 1.82) is 0 Å². The molecule has 0 saturated carbocycles. The van der Waals surface area contributed by atoms with E-state index in [-0.39, 0.29) is 11.0 Å². The number of halogens is 4. The van der Waals surface area contributed by atoms with Gasteiger partial charge in [-0.15, -0.1) is 0 Å². The molecule has 0 bridgehead atoms. The van der Waals surface area contributed by atoms with Crippen molar-refractivity contribution >= 4 is 17.5 Å². The maximum atomic E-state index is 13.3. The van der Waals surface area contributed by atoms with Gasteiger partial charge in [-0.3, -0.25) is 9.36 Å². The third-order valence-corrected chi connectivity index (χ3v) is 5.16. The fourth-order valence-corrected chi connectivity index (χ4v) is 3.14. The first kappa shape index (κ1) is 23.8. The van der Waals surface area contributed by atoms with Gasteiger partial charge in [-0.1, -0.05) is 44.5 Å². The summed E-state index contributed by atoms with van der Waals surface area (Å²) < 4.78 is 41.7. The summed E-state index contributed by atoms with van der Waals surface area (Å²) >= 11 is 5.98. The van der Waals surface area contributed by atoms with Crippen molar-refractivity contribution < 1.29 is 18.0 Å². The van der Waals surface area contributed by atoms with Crippen molar-refractivity contribution in [1.82, 2.24) is 19.9 Å². The third-order valence-electron chi connectivity index (χ3n) is 4.91. The lowest BCUT2D eigenvalue weighted by Crippen LogP contribution is -2.54. The van der Waals surface area contributed by atoms with Crippen LogP contribution in [0.15, 0.2) is 48.8 Å². The van der Waals surface area contributed by atoms with Gasteiger partial charge in [0.25, 0.3) is 5.91 Å². The van der Waals surface area contributed by atoms with Crippen LogP contribution in [-0.4, -0.2) is 32.2 Å². The SMILES string of the molecule is CC(C)(C)c1nccn1-c1cc(C(=O)NC(C)(C)C(F)(F)F)cc(-c2ccc(Cl)cc2)n1. The molecule has 32 heavy (non-hydrogen) atoms. The van der Waals surface area contributed by atoms with Gasteiger partial charge < -0.3 is 5.32 Å². The van der Waals surface area contributed by atoms with Crippen molar-refractivity contribution in [2.24, 2.45) is 0 Å². The van der Waals surface area contributed by atoms with E-state index in [9.17, 15) is 18.0 Å². The molecule has 0 aliphatic rings. The van der Waals surface area contributed by atoms with Crippen molar-refractivity contribution in [2.75, 3.05) is 0 Å². The lowest BCUT2D eigenvalue weighted by molar-refractivity contribution is -0.182. The fourth-order valence-electron chi connectivity index (χ4n) is 3.01. The molecule has 0 fully saturated rings. The zero-order chi connectivity index (χ0) is 23.9. The minimum absolute atomic E-state index is 0.0471. The molecule has 1 N–H and O–H groups in total. The zero-order valence-electron chi connectivity index (χ0n) is 18.4. The van der Waals surface area contributed by atoms with Gasteiger partial charge in [0, 0.05) is 34.0 Å². The molecule has 0 spiro atoms. The van der Waals surface area contributed by atoms with E-state index in [2.05, 4.69) is 15.3 Å². The predicted octanol–water partition coefficient (Wildman–Crippen LogP) is 5.96. The van der Waals surface area contributed by atoms with E-state index in [1.165, 1.54) is 12.1 Å². The van der Waals surface area contributed by atoms with E-state index in [0.717, 1.165) is 13.8 Å². The smallest absolute Gasteiger partial charge is 0.338 e. The maximum absolute atomic E-state index is 13.3. The van der Waals surface area contributed by atoms with Gasteiger partial charge in [0.05, 0.1) is 5.69 Å². The molecule has 2 heterocycles. The molecule has 2 aromatic heterocycles. The van der Waals surface area contributed by atoms with Crippen LogP contribution in [0.5, 0.6) is 0 Å². The molecule has 5 nitrogen and oxygen atoms in total. The number of hydrogen-bond donors (Lipinski definition) is 1. The number of benzene rings is 1. The molecule has 0 aliphatic carbocycles. The first-order chi connectivity index (χ1) is 14.7. The zero-order valence-corrected chi connectivity index (χ0v) is 19.1. The predicted molar refractivity (Wildman–Crippen MR) is 118 cm³/mol. The maximum Gasteiger partial charge on any atom is 0.410 e. The Kier molecular flexibility index (Phi) is 6.12. The highest BCUT2D eigenvalue weighted by molar-refractivity contribution is 6.30. The number of carbonyl (C=O) groups is 1. The Hall–Kier alpha value is -2.87. The molecule has 1 amide bonds. The minimum Gasteiger partial charge on any atom is -0.338 e. The summed E-state index contributed by atoms with van der Waals surface area (Å²) in [6.45, 7) is 7.78. The normalized spacial score (nSPS) is 12.7. The van der Waals surface area contributed by atoms with Crippen LogP contribution in [0.4, 0.5) is 13.2 Å². The van der Waals surface area contributed by atoms with Gasteiger partial charge in [-0.2, -0.15) is 13.2 Å². The minimum atomic E-state index is -4.61. The van der Waals surface area contributed by atoms with Gasteiger partial charge in [-0.05, 0) is 38.1 Å². The topological polar surface area (TPSA) is 59.8 Å². The Morgan fingerprint density at radius 2 is 1.66 bits per heavy atom. The molecule has 3 aromatic rings. The van der Waals surface area contributed by atoms with Crippen LogP contribution in [-0.2, 0) is 5.41 Å². The van der Waals surface area contributed by atoms with Gasteiger partial charge in [-0.25, -0.2) is 9.97 Å². The molecule has 0 unspecified atom stereocenters. The van der Waals surface area contributed by atoms with Crippen molar-refractivity contribution in [3.8, 4) is 17.1 Å². The number of pyridine rings is 1. The van der Waals surface area contributed by atoms with E-state index in [0.29, 0.717) is 27.9 Å². The quantitative estimate of drug-likeness (QED) is 0.518. The highest BCUT2D eigenvalue weighted by Crippen LogP contribution is 2.31. The summed E-state index contributed by atoms with van der Waals surface area (Å²) in [6.07, 6.45) is -1.29. The average Bonchev–Trinajstić information content (AvgIpc) is 3.17. The van der Waals surface area contributed by atoms with Crippen LogP contribution in [0.2, 0.25) is 5.02 Å². The molecule has 0 atom stereocenters. The monoisotopic (exact) mass is 464 g/mol. The van der Waals surface area contributed by atoms with Gasteiger partial charge in [0.15, 0.2) is 0 Å². The highest BCUT2D eigenvalue weighted by Gasteiger charge is 2.48. The fraction of sp³-hybridized carbons (Fsp3) is 0.348. The lowest BCUT2D eigenvalue weighted by Gasteiger charge is -2.29. The van der Waals surface area contributed by atoms with Crippen LogP contribution in [0.3, 0.4) is 0 Å². The van der Waals surface area contributed by atoms with Crippen LogP contribution < -0.4 is 5.32 Å². The molecule has 1 aromatic carbocycles. The summed E-state index contributed by atoms with van der Waals surface area (Å²) in [5.41, 5.74) is -1.60. The molecule has 170 valence electrons. The number of aromatic nitrogens is 3. The van der Waals surface area contributed by atoms with Crippen LogP contribution in [0.25, 0.3) is 17.1 Å². The molecule has 9 heteroatoms. The van der Waals surface area contributed by atoms with E-state index in [1.807, 2.05) is 20.8 Å². The molecular weight excluding hydrogens is 441 g/mol. The van der Waals surface area contributed by atoms with Crippen LogP contribution >= 0.6 is 11.6 Å². The number of alkyl halides is 3. The molecule has 0 radical (unpaired) electrons. The van der Waals surface area contributed by atoms with Crippen molar-refractivity contribution in [3.63, 3.8) is 0 Å². The first-order valence-corrected chi connectivity index (χ1v) is 10.3. The lowest BCUT2D eigenvalue weighted by atomic mass is 9.95. The van der Waals surface area contributed by atoms with E-state index < -0.39 is 17.6 Å². The largest absolute Gasteiger partial charge is 0.410 e. The first-order valence-electron chi connectivity index (χ1n) is 9.90. The van der Waals surface area contributed by atoms with E-state index >= 15 is 0 Å². The second-order valence-electron chi connectivity index (χ2n) is 9.05. The number of rotatable bonds is 4. The van der Waals surface area contributed by atoms with Gasteiger partial charge in [0.1, 0.15) is 17.2 Å². The number of hydrogen-bond acceptors (Lipinski definition) is 3. The number of nitrogens with zero attached hydrogens (tertiary/aromatic N) is 3. The Morgan fingerprint density at radius 1 is 1.03 bits per heavy atom. The van der Waals surface area contributed by atoms with Crippen LogP contribution in [0, 0.1) is 0 Å². The molecule has 0 saturated heterocycles. The summed E-state index contributed by atoms with van der Waals surface area (Å²) in [6, 6.07) is 9.73. The van der Waals surface area contributed by atoms with Crippen molar-refractivity contribution in [3.05, 3.63) is 65.2 Å². The molecule has 3 rings (SSSR count). The Morgan fingerprint density at radius 3 is 2.22 bits per heavy atom. The summed E-state index contributed by atoms with van der Waals surface area (Å²) in [7, 11) is 0. The molecular formula is C23H24ClF3N4O. The Labute approximate surface area is 189 Å². The Balaban J connectivity index is 2.15. The summed E-state index contributed by atoms with van der Waals surface area (Å²) in [5.74, 6) is 0.207. The second kappa shape index (κ2) is 8.24. The standard InChI is InChI=1S/C23H24ClF3N4O/c1-21(2,3)20-28-10-11-31(20)18-13-15(19(32)30-22(4,5)23(25,26)27)12-17(29-18)14-6-8-16(24)9-7-14/h6-13H,1-5H3,(H,30,32). The third kappa shape index (κ3) is 4.96. The summed E-state index contributed by atoms with van der Waals surface area (Å²) in [5, 5.41) is 2.61. The summed E-state index contributed by atoms with van der Waals surface area (Å²) in [4.78, 5) is 21.9.